The Hall–Kier alpha value is -3.15. The lowest BCUT2D eigenvalue weighted by Crippen LogP contribution is -2.25. The number of hydroxylamine groups is 1. The predicted octanol–water partition coefficient (Wildman–Crippen LogP) is 5.62. The Morgan fingerprint density at radius 2 is 1.91 bits per heavy atom. The van der Waals surface area contributed by atoms with Crippen LogP contribution in [0.15, 0.2) is 53.4 Å². The lowest BCUT2D eigenvalue weighted by Gasteiger charge is -2.14. The zero-order valence-corrected chi connectivity index (χ0v) is 20.3. The third kappa shape index (κ3) is 5.16. The van der Waals surface area contributed by atoms with Crippen LogP contribution in [-0.4, -0.2) is 33.7 Å². The molecular weight excluding hydrogens is 525 g/mol. The molecule has 1 aromatic carbocycles. The highest BCUT2D eigenvalue weighted by Gasteiger charge is 2.24. The van der Waals surface area contributed by atoms with E-state index in [0.717, 1.165) is 0 Å². The van der Waals surface area contributed by atoms with Crippen molar-refractivity contribution in [2.45, 2.75) is 0 Å². The normalized spacial score (nSPS) is 10.7. The van der Waals surface area contributed by atoms with Crippen LogP contribution in [0.1, 0.15) is 20.8 Å². The van der Waals surface area contributed by atoms with Crippen LogP contribution in [-0.2, 0) is 4.84 Å². The van der Waals surface area contributed by atoms with Gasteiger partial charge in [-0.3, -0.25) is 14.4 Å². The molecule has 13 heteroatoms. The van der Waals surface area contributed by atoms with Gasteiger partial charge < -0.3 is 10.1 Å². The molecule has 4 rings (SSSR count). The van der Waals surface area contributed by atoms with Crippen molar-refractivity contribution in [2.75, 3.05) is 12.4 Å². The van der Waals surface area contributed by atoms with Crippen LogP contribution in [0.5, 0.6) is 11.6 Å². The lowest BCUT2D eigenvalue weighted by molar-refractivity contribution is 0.0538. The first-order valence-corrected chi connectivity index (χ1v) is 11.5. The molecular formula is C21H14Cl3N5O4S. The van der Waals surface area contributed by atoms with E-state index in [0.29, 0.717) is 5.75 Å². The summed E-state index contributed by atoms with van der Waals surface area (Å²) in [5.74, 6) is -0.443. The van der Waals surface area contributed by atoms with Gasteiger partial charge in [0.25, 0.3) is 11.8 Å². The number of anilines is 1. The Labute approximate surface area is 212 Å². The molecule has 3 aromatic heterocycles. The number of halogens is 3. The summed E-state index contributed by atoms with van der Waals surface area (Å²) < 4.78 is 6.97. The molecule has 0 unspecified atom stereocenters. The fourth-order valence-corrected chi connectivity index (χ4v) is 4.20. The van der Waals surface area contributed by atoms with E-state index in [9.17, 15) is 9.59 Å². The molecule has 0 radical (unpaired) electrons. The minimum atomic E-state index is -0.662. The summed E-state index contributed by atoms with van der Waals surface area (Å²) in [6, 6.07) is 9.15. The van der Waals surface area contributed by atoms with Crippen LogP contribution in [0.4, 0.5) is 5.69 Å². The molecule has 9 nitrogen and oxygen atoms in total. The van der Waals surface area contributed by atoms with Crippen molar-refractivity contribution in [3.63, 3.8) is 0 Å². The number of ether oxygens (including phenoxy) is 1. The van der Waals surface area contributed by atoms with Crippen molar-refractivity contribution in [3.05, 3.63) is 79.7 Å². The van der Waals surface area contributed by atoms with Gasteiger partial charge in [0.1, 0.15) is 11.4 Å². The van der Waals surface area contributed by atoms with E-state index in [-0.39, 0.29) is 43.7 Å². The number of aromatic nitrogens is 3. The Morgan fingerprint density at radius 3 is 2.62 bits per heavy atom. The molecule has 0 bridgehead atoms. The van der Waals surface area contributed by atoms with Gasteiger partial charge in [0.15, 0.2) is 5.82 Å². The predicted molar refractivity (Wildman–Crippen MR) is 130 cm³/mol. The fourth-order valence-electron chi connectivity index (χ4n) is 2.90. The maximum Gasteiger partial charge on any atom is 0.277 e. The molecule has 2 amide bonds. The minimum Gasteiger partial charge on any atom is -0.437 e. The topological polar surface area (TPSA) is 107 Å². The van der Waals surface area contributed by atoms with E-state index < -0.39 is 11.8 Å². The molecule has 0 aliphatic carbocycles. The molecule has 2 N–H and O–H groups in total. The summed E-state index contributed by atoms with van der Waals surface area (Å²) in [5.41, 5.74) is 2.20. The Morgan fingerprint density at radius 1 is 1.09 bits per heavy atom. The quantitative estimate of drug-likeness (QED) is 0.296. The Balaban J connectivity index is 1.76. The highest BCUT2D eigenvalue weighted by molar-refractivity contribution is 7.08. The first-order valence-electron chi connectivity index (χ1n) is 9.42. The summed E-state index contributed by atoms with van der Waals surface area (Å²) in [6.45, 7) is 0. The summed E-state index contributed by atoms with van der Waals surface area (Å²) in [6.07, 6.45) is 1.51. The van der Waals surface area contributed by atoms with Crippen molar-refractivity contribution < 1.29 is 19.2 Å². The van der Waals surface area contributed by atoms with E-state index >= 15 is 0 Å². The van der Waals surface area contributed by atoms with Gasteiger partial charge in [0.05, 0.1) is 28.4 Å². The molecule has 0 atom stereocenters. The SMILES string of the molecule is CONC(=O)c1cc(Cl)cc(Cl)c1NC(=O)c1cc(Oc2ccsc2)nn1-c1ncccc1Cl. The van der Waals surface area contributed by atoms with Crippen molar-refractivity contribution in [2.24, 2.45) is 0 Å². The smallest absolute Gasteiger partial charge is 0.277 e. The lowest BCUT2D eigenvalue weighted by atomic mass is 10.1. The minimum absolute atomic E-state index is 0.00983. The number of carbonyl (C=O) groups excluding carboxylic acids is 2. The molecule has 0 fully saturated rings. The summed E-state index contributed by atoms with van der Waals surface area (Å²) in [5, 5.41) is 11.1. The van der Waals surface area contributed by atoms with Gasteiger partial charge in [-0.15, -0.1) is 16.4 Å². The van der Waals surface area contributed by atoms with Crippen molar-refractivity contribution in [1.29, 1.82) is 0 Å². The van der Waals surface area contributed by atoms with Crippen LogP contribution in [0.2, 0.25) is 15.1 Å². The van der Waals surface area contributed by atoms with Crippen LogP contribution >= 0.6 is 46.1 Å². The molecule has 0 saturated carbocycles. The number of thiophene rings is 1. The average molecular weight is 539 g/mol. The van der Waals surface area contributed by atoms with Gasteiger partial charge in [-0.05, 0) is 35.7 Å². The zero-order valence-electron chi connectivity index (χ0n) is 17.2. The number of pyridine rings is 1. The van der Waals surface area contributed by atoms with E-state index in [1.165, 1.54) is 47.5 Å². The molecule has 34 heavy (non-hydrogen) atoms. The summed E-state index contributed by atoms with van der Waals surface area (Å²) >= 11 is 20.1. The van der Waals surface area contributed by atoms with Crippen LogP contribution in [0.3, 0.4) is 0 Å². The van der Waals surface area contributed by atoms with Crippen LogP contribution in [0, 0.1) is 0 Å². The van der Waals surface area contributed by atoms with Gasteiger partial charge in [-0.2, -0.15) is 0 Å². The van der Waals surface area contributed by atoms with E-state index in [4.69, 9.17) is 39.5 Å². The average Bonchev–Trinajstić information content (AvgIpc) is 3.46. The van der Waals surface area contributed by atoms with Gasteiger partial charge in [0.2, 0.25) is 5.88 Å². The largest absolute Gasteiger partial charge is 0.437 e. The highest BCUT2D eigenvalue weighted by atomic mass is 35.5. The molecule has 174 valence electrons. The van der Waals surface area contributed by atoms with Gasteiger partial charge in [-0.1, -0.05) is 34.8 Å². The van der Waals surface area contributed by atoms with E-state index in [1.807, 2.05) is 5.38 Å². The first-order chi connectivity index (χ1) is 16.4. The highest BCUT2D eigenvalue weighted by Crippen LogP contribution is 2.32. The van der Waals surface area contributed by atoms with Crippen LogP contribution < -0.4 is 15.5 Å². The number of nitrogens with one attached hydrogen (secondary N) is 2. The Kier molecular flexibility index (Phi) is 7.35. The second kappa shape index (κ2) is 10.4. The number of rotatable bonds is 7. The number of nitrogens with zero attached hydrogens (tertiary/aromatic N) is 3. The van der Waals surface area contributed by atoms with E-state index in [1.54, 1.807) is 23.6 Å². The monoisotopic (exact) mass is 537 g/mol. The maximum atomic E-state index is 13.4. The number of hydrogen-bond acceptors (Lipinski definition) is 7. The standard InChI is InChI=1S/C21H14Cl3N5O4S/c1-32-28-20(30)13-7-11(22)8-15(24)18(13)26-21(31)16-9-17(33-12-4-6-34-10-12)27-29(16)19-14(23)3-2-5-25-19/h2-10H,1H3,(H,26,31)(H,28,30). The Bertz CT molecular complexity index is 1360. The van der Waals surface area contributed by atoms with Gasteiger partial charge in [-0.25, -0.2) is 15.1 Å². The summed E-state index contributed by atoms with van der Waals surface area (Å²) in [4.78, 5) is 34.7. The molecule has 0 aliphatic heterocycles. The summed E-state index contributed by atoms with van der Waals surface area (Å²) in [7, 11) is 1.27. The second-order valence-corrected chi connectivity index (χ2v) is 8.58. The number of hydrogen-bond donors (Lipinski definition) is 2. The van der Waals surface area contributed by atoms with Crippen molar-refractivity contribution in [3.8, 4) is 17.4 Å². The first kappa shape index (κ1) is 24.0. The third-order valence-corrected chi connectivity index (χ3v) is 5.78. The number of carbonyl (C=O) groups is 2. The fraction of sp³-hybridized carbons (Fsp3) is 0.0476. The number of amides is 2. The molecule has 3 heterocycles. The number of benzene rings is 1. The molecule has 0 saturated heterocycles. The van der Waals surface area contributed by atoms with Gasteiger partial charge >= 0.3 is 0 Å². The molecule has 0 spiro atoms. The molecule has 0 aliphatic rings. The van der Waals surface area contributed by atoms with Crippen molar-refractivity contribution in [1.82, 2.24) is 20.2 Å². The van der Waals surface area contributed by atoms with E-state index in [2.05, 4.69) is 25.7 Å². The van der Waals surface area contributed by atoms with Crippen LogP contribution in [0.25, 0.3) is 5.82 Å². The molecule has 4 aromatic rings. The van der Waals surface area contributed by atoms with Crippen molar-refractivity contribution >= 4 is 63.6 Å². The third-order valence-electron chi connectivity index (χ3n) is 4.31. The maximum absolute atomic E-state index is 13.4. The zero-order chi connectivity index (χ0) is 24.2. The van der Waals surface area contributed by atoms with Gasteiger partial charge in [0, 0.05) is 22.7 Å². The second-order valence-electron chi connectivity index (χ2n) is 6.55.